The van der Waals surface area contributed by atoms with Gasteiger partial charge in [0.25, 0.3) is 0 Å². The van der Waals surface area contributed by atoms with Gasteiger partial charge in [-0.15, -0.1) is 0 Å². The molecule has 1 aliphatic carbocycles. The summed E-state index contributed by atoms with van der Waals surface area (Å²) < 4.78 is 7.18. The predicted molar refractivity (Wildman–Crippen MR) is 91.0 cm³/mol. The van der Waals surface area contributed by atoms with Gasteiger partial charge in [0, 0.05) is 22.5 Å². The molecule has 1 aliphatic heterocycles. The van der Waals surface area contributed by atoms with Crippen LogP contribution in [0.15, 0.2) is 16.6 Å². The summed E-state index contributed by atoms with van der Waals surface area (Å²) in [6.07, 6.45) is 7.56. The quantitative estimate of drug-likeness (QED) is 0.805. The van der Waals surface area contributed by atoms with Crippen molar-refractivity contribution in [2.75, 3.05) is 13.2 Å². The zero-order valence-electron chi connectivity index (χ0n) is 13.2. The normalized spacial score (nSPS) is 21.1. The molecule has 0 bridgehead atoms. The summed E-state index contributed by atoms with van der Waals surface area (Å²) in [7, 11) is 0. The van der Waals surface area contributed by atoms with Crippen LogP contribution >= 0.6 is 15.9 Å². The smallest absolute Gasteiger partial charge is 0.127 e. The van der Waals surface area contributed by atoms with Gasteiger partial charge in [-0.3, -0.25) is 0 Å². The van der Waals surface area contributed by atoms with E-state index in [-0.39, 0.29) is 0 Å². The molecule has 21 heavy (non-hydrogen) atoms. The number of hydrogen-bond donors (Lipinski definition) is 1. The molecular weight excluding hydrogens is 326 g/mol. The Morgan fingerprint density at radius 2 is 2.10 bits per heavy atom. The predicted octanol–water partition coefficient (Wildman–Crippen LogP) is 5.01. The van der Waals surface area contributed by atoms with Crippen molar-refractivity contribution in [1.82, 2.24) is 5.32 Å². The number of rotatable bonds is 5. The van der Waals surface area contributed by atoms with Crippen LogP contribution in [-0.4, -0.2) is 13.2 Å². The Labute approximate surface area is 136 Å². The molecule has 2 aliphatic rings. The first-order chi connectivity index (χ1) is 10.1. The highest BCUT2D eigenvalue weighted by Crippen LogP contribution is 2.50. The molecule has 1 unspecified atom stereocenters. The Kier molecular flexibility index (Phi) is 4.60. The van der Waals surface area contributed by atoms with Crippen LogP contribution < -0.4 is 10.1 Å². The van der Waals surface area contributed by atoms with Crippen molar-refractivity contribution in [3.8, 4) is 5.75 Å². The SMILES string of the molecule is CCCNC(c1cc(Br)cc2c1OCC2)C1(C)CCCC1. The molecule has 1 N–H and O–H groups in total. The highest BCUT2D eigenvalue weighted by atomic mass is 79.9. The fraction of sp³-hybridized carbons (Fsp3) is 0.667. The van der Waals surface area contributed by atoms with Gasteiger partial charge >= 0.3 is 0 Å². The number of nitrogens with one attached hydrogen (secondary N) is 1. The van der Waals surface area contributed by atoms with E-state index in [1.54, 1.807) is 0 Å². The van der Waals surface area contributed by atoms with Crippen molar-refractivity contribution >= 4 is 15.9 Å². The lowest BCUT2D eigenvalue weighted by Gasteiger charge is -2.36. The van der Waals surface area contributed by atoms with Gasteiger partial charge in [-0.25, -0.2) is 0 Å². The Morgan fingerprint density at radius 3 is 2.81 bits per heavy atom. The van der Waals surface area contributed by atoms with Gasteiger partial charge < -0.3 is 10.1 Å². The van der Waals surface area contributed by atoms with Crippen molar-refractivity contribution in [2.24, 2.45) is 5.41 Å². The zero-order valence-corrected chi connectivity index (χ0v) is 14.8. The lowest BCUT2D eigenvalue weighted by atomic mass is 9.76. The van der Waals surface area contributed by atoms with Crippen molar-refractivity contribution in [3.05, 3.63) is 27.7 Å². The maximum Gasteiger partial charge on any atom is 0.127 e. The first kappa shape index (κ1) is 15.4. The zero-order chi connectivity index (χ0) is 14.9. The molecule has 0 spiro atoms. The van der Waals surface area contributed by atoms with Crippen molar-refractivity contribution in [1.29, 1.82) is 0 Å². The number of ether oxygens (including phenoxy) is 1. The molecule has 1 heterocycles. The molecule has 0 radical (unpaired) electrons. The van der Waals surface area contributed by atoms with Crippen LogP contribution in [0.4, 0.5) is 0 Å². The topological polar surface area (TPSA) is 21.3 Å². The third-order valence-corrected chi connectivity index (χ3v) is 5.59. The largest absolute Gasteiger partial charge is 0.493 e. The molecule has 3 heteroatoms. The van der Waals surface area contributed by atoms with Crippen LogP contribution in [0, 0.1) is 5.41 Å². The van der Waals surface area contributed by atoms with E-state index in [0.717, 1.165) is 25.3 Å². The third-order valence-electron chi connectivity index (χ3n) is 5.13. The number of hydrogen-bond acceptors (Lipinski definition) is 2. The van der Waals surface area contributed by atoms with E-state index >= 15 is 0 Å². The highest BCUT2D eigenvalue weighted by Gasteiger charge is 2.39. The maximum absolute atomic E-state index is 5.99. The summed E-state index contributed by atoms with van der Waals surface area (Å²) in [6.45, 7) is 6.59. The molecule has 1 saturated carbocycles. The first-order valence-corrected chi connectivity index (χ1v) is 9.12. The summed E-state index contributed by atoms with van der Waals surface area (Å²) in [5, 5.41) is 3.82. The van der Waals surface area contributed by atoms with Gasteiger partial charge in [-0.2, -0.15) is 0 Å². The molecule has 116 valence electrons. The van der Waals surface area contributed by atoms with Gasteiger partial charge in [0.15, 0.2) is 0 Å². The second kappa shape index (κ2) is 6.29. The minimum atomic E-state index is 0.357. The van der Waals surface area contributed by atoms with Crippen LogP contribution in [-0.2, 0) is 6.42 Å². The summed E-state index contributed by atoms with van der Waals surface area (Å²) in [5.41, 5.74) is 3.09. The Hall–Kier alpha value is -0.540. The van der Waals surface area contributed by atoms with Gasteiger partial charge in [-0.05, 0) is 48.9 Å². The van der Waals surface area contributed by atoms with Crippen molar-refractivity contribution in [3.63, 3.8) is 0 Å². The molecule has 0 amide bonds. The van der Waals surface area contributed by atoms with Crippen LogP contribution in [0.2, 0.25) is 0 Å². The molecule has 1 aromatic carbocycles. The van der Waals surface area contributed by atoms with E-state index in [2.05, 4.69) is 47.2 Å². The minimum absolute atomic E-state index is 0.357. The number of benzene rings is 1. The summed E-state index contributed by atoms with van der Waals surface area (Å²) in [6, 6.07) is 4.91. The second-order valence-electron chi connectivity index (χ2n) is 6.83. The molecule has 0 aromatic heterocycles. The van der Waals surface area contributed by atoms with Gasteiger partial charge in [0.2, 0.25) is 0 Å². The highest BCUT2D eigenvalue weighted by molar-refractivity contribution is 9.10. The molecule has 1 aromatic rings. The van der Waals surface area contributed by atoms with Crippen LogP contribution in [0.1, 0.15) is 63.1 Å². The van der Waals surface area contributed by atoms with Crippen LogP contribution in [0.25, 0.3) is 0 Å². The fourth-order valence-corrected chi connectivity index (χ4v) is 4.53. The Morgan fingerprint density at radius 1 is 1.33 bits per heavy atom. The van der Waals surface area contributed by atoms with E-state index < -0.39 is 0 Å². The average molecular weight is 352 g/mol. The lowest BCUT2D eigenvalue weighted by molar-refractivity contribution is 0.217. The fourth-order valence-electron chi connectivity index (χ4n) is 4.00. The van der Waals surface area contributed by atoms with E-state index in [4.69, 9.17) is 4.74 Å². The number of fused-ring (bicyclic) bond motifs is 1. The third kappa shape index (κ3) is 3.00. The van der Waals surface area contributed by atoms with Gasteiger partial charge in [-0.1, -0.05) is 42.6 Å². The standard InChI is InChI=1S/C18H26BrNO/c1-3-9-20-17(18(2)7-4-5-8-18)15-12-14(19)11-13-6-10-21-16(13)15/h11-12,17,20H,3-10H2,1-2H3. The maximum atomic E-state index is 5.99. The molecule has 0 saturated heterocycles. The van der Waals surface area contributed by atoms with E-state index in [0.29, 0.717) is 11.5 Å². The Balaban J connectivity index is 2.00. The van der Waals surface area contributed by atoms with Crippen molar-refractivity contribution < 1.29 is 4.74 Å². The summed E-state index contributed by atoms with van der Waals surface area (Å²) in [4.78, 5) is 0. The van der Waals surface area contributed by atoms with Gasteiger partial charge in [0.1, 0.15) is 5.75 Å². The molecule has 1 fully saturated rings. The second-order valence-corrected chi connectivity index (χ2v) is 7.75. The summed E-state index contributed by atoms with van der Waals surface area (Å²) in [5.74, 6) is 1.15. The van der Waals surface area contributed by atoms with E-state index in [9.17, 15) is 0 Å². The van der Waals surface area contributed by atoms with Gasteiger partial charge in [0.05, 0.1) is 6.61 Å². The van der Waals surface area contributed by atoms with E-state index in [1.807, 2.05) is 0 Å². The minimum Gasteiger partial charge on any atom is -0.493 e. The molecular formula is C18H26BrNO. The van der Waals surface area contributed by atoms with Crippen molar-refractivity contribution in [2.45, 2.75) is 58.4 Å². The van der Waals surface area contributed by atoms with Crippen LogP contribution in [0.3, 0.4) is 0 Å². The lowest BCUT2D eigenvalue weighted by Crippen LogP contribution is -2.35. The Bertz CT molecular complexity index is 508. The van der Waals surface area contributed by atoms with E-state index in [1.165, 1.54) is 47.7 Å². The molecule has 1 atom stereocenters. The molecule has 3 rings (SSSR count). The van der Waals surface area contributed by atoms with Crippen LogP contribution in [0.5, 0.6) is 5.75 Å². The molecule has 2 nitrogen and oxygen atoms in total. The summed E-state index contributed by atoms with van der Waals surface area (Å²) >= 11 is 3.70. The monoisotopic (exact) mass is 351 g/mol. The average Bonchev–Trinajstić information content (AvgIpc) is 3.08. The first-order valence-electron chi connectivity index (χ1n) is 8.32. The number of halogens is 1.